The Hall–Kier alpha value is -1.90. The van der Waals surface area contributed by atoms with Crippen molar-refractivity contribution in [3.05, 3.63) is 12.5 Å². The monoisotopic (exact) mass is 225 g/mol. The van der Waals surface area contributed by atoms with Crippen molar-refractivity contribution in [3.63, 3.8) is 0 Å². The lowest BCUT2D eigenvalue weighted by atomic mass is 10.6. The number of aromatic amines is 1. The van der Waals surface area contributed by atoms with Crippen LogP contribution in [0.3, 0.4) is 0 Å². The molecule has 0 spiro atoms. The van der Waals surface area contributed by atoms with Crippen molar-refractivity contribution in [1.82, 2.24) is 14.3 Å². The van der Waals surface area contributed by atoms with Crippen LogP contribution < -0.4 is 0 Å². The van der Waals surface area contributed by atoms with Crippen LogP contribution in [0.1, 0.15) is 0 Å². The van der Waals surface area contributed by atoms with E-state index in [2.05, 4.69) is 9.97 Å². The number of aromatic nitrogens is 2. The average molecular weight is 225 g/mol. The molecule has 0 unspecified atom stereocenters. The second-order valence-corrected chi connectivity index (χ2v) is 4.41. The quantitative estimate of drug-likeness (QED) is 0.690. The molecule has 1 heterocycles. The Morgan fingerprint density at radius 3 is 2.40 bits per heavy atom. The van der Waals surface area contributed by atoms with Gasteiger partial charge in [0.2, 0.25) is 0 Å². The van der Waals surface area contributed by atoms with Gasteiger partial charge < -0.3 is 4.98 Å². The van der Waals surface area contributed by atoms with Gasteiger partial charge in [0.05, 0.1) is 24.7 Å². The van der Waals surface area contributed by atoms with Crippen molar-refractivity contribution in [3.8, 4) is 12.1 Å². The minimum Gasteiger partial charge on any atom is -0.335 e. The lowest BCUT2D eigenvalue weighted by Crippen LogP contribution is -2.32. The third kappa shape index (κ3) is 2.31. The maximum Gasteiger partial charge on any atom is 0.262 e. The predicted octanol–water partition coefficient (Wildman–Crippen LogP) is -0.552. The molecule has 0 fully saturated rings. The van der Waals surface area contributed by atoms with Gasteiger partial charge in [0.1, 0.15) is 13.1 Å². The van der Waals surface area contributed by atoms with Crippen LogP contribution in [0.4, 0.5) is 0 Å². The van der Waals surface area contributed by atoms with Crippen LogP contribution in [0.5, 0.6) is 0 Å². The van der Waals surface area contributed by atoms with E-state index in [0.29, 0.717) is 0 Å². The molecular formula is C7H7N5O2S. The molecule has 0 saturated heterocycles. The molecule has 1 rings (SSSR count). The van der Waals surface area contributed by atoms with E-state index in [0.717, 1.165) is 10.5 Å². The zero-order chi connectivity index (χ0) is 11.3. The highest BCUT2D eigenvalue weighted by Crippen LogP contribution is 2.10. The Morgan fingerprint density at radius 1 is 1.40 bits per heavy atom. The highest BCUT2D eigenvalue weighted by molar-refractivity contribution is 7.89. The zero-order valence-corrected chi connectivity index (χ0v) is 8.40. The first kappa shape index (κ1) is 11.2. The number of rotatable bonds is 4. The van der Waals surface area contributed by atoms with E-state index in [9.17, 15) is 8.42 Å². The molecule has 1 aromatic heterocycles. The molecule has 0 aliphatic rings. The van der Waals surface area contributed by atoms with Crippen LogP contribution >= 0.6 is 0 Å². The number of H-pyrrole nitrogens is 1. The summed E-state index contributed by atoms with van der Waals surface area (Å²) in [6, 6.07) is 3.36. The molecule has 8 heteroatoms. The van der Waals surface area contributed by atoms with E-state index >= 15 is 0 Å². The van der Waals surface area contributed by atoms with Crippen LogP contribution in [0.15, 0.2) is 17.6 Å². The number of imidazole rings is 1. The van der Waals surface area contributed by atoms with Gasteiger partial charge in [-0.1, -0.05) is 0 Å². The molecule has 1 aromatic rings. The van der Waals surface area contributed by atoms with E-state index in [4.69, 9.17) is 10.5 Å². The molecule has 0 saturated carbocycles. The Bertz CT molecular complexity index is 476. The van der Waals surface area contributed by atoms with Crippen molar-refractivity contribution in [2.24, 2.45) is 0 Å². The third-order valence-electron chi connectivity index (χ3n) is 1.59. The van der Waals surface area contributed by atoms with Crippen LogP contribution in [-0.2, 0) is 10.0 Å². The molecule has 1 N–H and O–H groups in total. The van der Waals surface area contributed by atoms with E-state index < -0.39 is 10.0 Å². The molecule has 7 nitrogen and oxygen atoms in total. The second-order valence-electron chi connectivity index (χ2n) is 2.51. The summed E-state index contributed by atoms with van der Waals surface area (Å²) in [4.78, 5) is 5.98. The van der Waals surface area contributed by atoms with E-state index in [1.165, 1.54) is 6.33 Å². The Morgan fingerprint density at radius 2 is 2.00 bits per heavy atom. The number of nitriles is 2. The van der Waals surface area contributed by atoms with Gasteiger partial charge in [0.25, 0.3) is 10.0 Å². The minimum atomic E-state index is -3.81. The summed E-state index contributed by atoms with van der Waals surface area (Å²) in [7, 11) is -3.81. The van der Waals surface area contributed by atoms with Crippen LogP contribution in [0.25, 0.3) is 0 Å². The number of nitrogens with zero attached hydrogens (tertiary/aromatic N) is 4. The van der Waals surface area contributed by atoms with E-state index in [1.807, 2.05) is 0 Å². The van der Waals surface area contributed by atoms with Crippen molar-refractivity contribution in [2.75, 3.05) is 13.1 Å². The molecule has 0 aromatic carbocycles. The van der Waals surface area contributed by atoms with Crippen molar-refractivity contribution < 1.29 is 8.42 Å². The lowest BCUT2D eigenvalue weighted by molar-refractivity contribution is 0.477. The topological polar surface area (TPSA) is 114 Å². The minimum absolute atomic E-state index is 0.131. The van der Waals surface area contributed by atoms with E-state index in [1.54, 1.807) is 12.1 Å². The van der Waals surface area contributed by atoms with Gasteiger partial charge in [-0.3, -0.25) is 0 Å². The number of nitrogens with one attached hydrogen (secondary N) is 1. The molecule has 0 atom stereocenters. The van der Waals surface area contributed by atoms with Gasteiger partial charge in [0.15, 0.2) is 5.03 Å². The van der Waals surface area contributed by atoms with Crippen molar-refractivity contribution >= 4 is 10.0 Å². The average Bonchev–Trinajstić information content (AvgIpc) is 2.70. The third-order valence-corrected chi connectivity index (χ3v) is 3.30. The summed E-state index contributed by atoms with van der Waals surface area (Å²) in [6.45, 7) is -0.732. The summed E-state index contributed by atoms with van der Waals surface area (Å²) in [5.74, 6) is 0. The normalized spacial score (nSPS) is 10.9. The first-order valence-electron chi connectivity index (χ1n) is 3.85. The fourth-order valence-electron chi connectivity index (χ4n) is 0.907. The maximum absolute atomic E-state index is 11.7. The molecule has 15 heavy (non-hydrogen) atoms. The van der Waals surface area contributed by atoms with E-state index in [-0.39, 0.29) is 18.1 Å². The first-order valence-corrected chi connectivity index (χ1v) is 5.29. The standard InChI is InChI=1S/C7H7N5O2S/c8-1-3-12(4-2-9)15(13,14)7-5-10-6-11-7/h5-6H,3-4H2,(H,10,11). The number of sulfonamides is 1. The fourth-order valence-corrected chi connectivity index (χ4v) is 2.04. The van der Waals surface area contributed by atoms with Crippen molar-refractivity contribution in [1.29, 1.82) is 10.5 Å². The Balaban J connectivity index is 3.04. The zero-order valence-electron chi connectivity index (χ0n) is 7.58. The molecule has 0 bridgehead atoms. The second kappa shape index (κ2) is 4.55. The summed E-state index contributed by atoms with van der Waals surface area (Å²) >= 11 is 0. The smallest absolute Gasteiger partial charge is 0.262 e. The molecule has 78 valence electrons. The van der Waals surface area contributed by atoms with Gasteiger partial charge in [0, 0.05) is 0 Å². The molecule has 0 aliphatic carbocycles. The summed E-state index contributed by atoms with van der Waals surface area (Å²) in [5.41, 5.74) is 0. The highest BCUT2D eigenvalue weighted by atomic mass is 32.2. The highest BCUT2D eigenvalue weighted by Gasteiger charge is 2.25. The number of hydrogen-bond donors (Lipinski definition) is 1. The Labute approximate surface area is 86.6 Å². The van der Waals surface area contributed by atoms with Gasteiger partial charge in [-0.2, -0.15) is 14.8 Å². The van der Waals surface area contributed by atoms with Gasteiger partial charge in [-0.15, -0.1) is 0 Å². The molecule has 0 amide bonds. The van der Waals surface area contributed by atoms with Crippen molar-refractivity contribution in [2.45, 2.75) is 5.03 Å². The van der Waals surface area contributed by atoms with Crippen LogP contribution in [-0.4, -0.2) is 35.8 Å². The van der Waals surface area contributed by atoms with Crippen LogP contribution in [0, 0.1) is 22.7 Å². The summed E-state index contributed by atoms with van der Waals surface area (Å²) in [5, 5.41) is 16.7. The lowest BCUT2D eigenvalue weighted by Gasteiger charge is -2.13. The Kier molecular flexibility index (Phi) is 3.39. The molecular weight excluding hydrogens is 218 g/mol. The fraction of sp³-hybridized carbons (Fsp3) is 0.286. The maximum atomic E-state index is 11.7. The van der Waals surface area contributed by atoms with Crippen LogP contribution in [0.2, 0.25) is 0 Å². The van der Waals surface area contributed by atoms with Gasteiger partial charge >= 0.3 is 0 Å². The SMILES string of the molecule is N#CCN(CC#N)S(=O)(=O)c1cnc[nH]1. The largest absolute Gasteiger partial charge is 0.335 e. The molecule has 0 aliphatic heterocycles. The number of hydrogen-bond acceptors (Lipinski definition) is 5. The van der Waals surface area contributed by atoms with Gasteiger partial charge in [-0.05, 0) is 0 Å². The summed E-state index contributed by atoms with van der Waals surface area (Å²) < 4.78 is 24.2. The summed E-state index contributed by atoms with van der Waals surface area (Å²) in [6.07, 6.45) is 2.33. The first-order chi connectivity index (χ1) is 7.12. The van der Waals surface area contributed by atoms with Gasteiger partial charge in [-0.25, -0.2) is 13.4 Å². The predicted molar refractivity (Wildman–Crippen MR) is 48.6 cm³/mol. The molecule has 0 radical (unpaired) electrons.